The van der Waals surface area contributed by atoms with Crippen LogP contribution in [-0.2, 0) is 5.54 Å². The number of ether oxygens (including phenoxy) is 1. The first kappa shape index (κ1) is 22.5. The molecule has 1 saturated heterocycles. The maximum atomic E-state index is 12.4. The van der Waals surface area contributed by atoms with Crippen molar-refractivity contribution in [2.24, 2.45) is 0 Å². The van der Waals surface area contributed by atoms with E-state index in [1.54, 1.807) is 31.3 Å². The Hall–Kier alpha value is -2.81. The second-order valence-corrected chi connectivity index (χ2v) is 6.88. The molecule has 1 aliphatic rings. The Morgan fingerprint density at radius 2 is 1.72 bits per heavy atom. The molecular formula is C20H23F3N4OS. The number of likely N-dealkylation sites (N-methyl/N-ethyl adjacent to an activating group) is 1. The highest BCUT2D eigenvalue weighted by molar-refractivity contribution is 7.80. The van der Waals surface area contributed by atoms with Gasteiger partial charge in [0.05, 0.1) is 0 Å². The third-order valence-electron chi connectivity index (χ3n) is 4.13. The lowest BCUT2D eigenvalue weighted by molar-refractivity contribution is -0.274. The number of alkyl halides is 3. The van der Waals surface area contributed by atoms with Crippen molar-refractivity contribution in [3.63, 3.8) is 0 Å². The molecule has 0 spiro atoms. The van der Waals surface area contributed by atoms with Gasteiger partial charge in [0, 0.05) is 12.7 Å². The van der Waals surface area contributed by atoms with Crippen LogP contribution in [0.4, 0.5) is 18.9 Å². The monoisotopic (exact) mass is 424 g/mol. The van der Waals surface area contributed by atoms with Gasteiger partial charge in [-0.05, 0) is 47.6 Å². The van der Waals surface area contributed by atoms with Crippen molar-refractivity contribution < 1.29 is 17.9 Å². The number of nitrogens with zero attached hydrogens (tertiary/aromatic N) is 1. The summed E-state index contributed by atoms with van der Waals surface area (Å²) in [6, 6.07) is 12.3. The number of thiocarbonyl (C=S) groups is 1. The molecule has 156 valence electrons. The predicted molar refractivity (Wildman–Crippen MR) is 112 cm³/mol. The Morgan fingerprint density at radius 1 is 1.14 bits per heavy atom. The molecule has 1 aliphatic heterocycles. The average molecular weight is 424 g/mol. The number of nitrogens with two attached hydrogens (primary N) is 1. The lowest BCUT2D eigenvalue weighted by Gasteiger charge is -2.30. The molecule has 1 fully saturated rings. The van der Waals surface area contributed by atoms with Crippen molar-refractivity contribution in [3.05, 3.63) is 59.7 Å². The van der Waals surface area contributed by atoms with Crippen LogP contribution in [-0.4, -0.2) is 29.3 Å². The molecule has 0 aliphatic carbocycles. The third kappa shape index (κ3) is 4.79. The van der Waals surface area contributed by atoms with E-state index in [1.807, 2.05) is 0 Å². The zero-order valence-electron chi connectivity index (χ0n) is 16.3. The van der Waals surface area contributed by atoms with Crippen molar-refractivity contribution in [2.75, 3.05) is 12.8 Å². The lowest BCUT2D eigenvalue weighted by Crippen LogP contribution is -2.44. The molecule has 4 N–H and O–H groups in total. The van der Waals surface area contributed by atoms with Gasteiger partial charge in [-0.2, -0.15) is 0 Å². The average Bonchev–Trinajstić information content (AvgIpc) is 2.87. The van der Waals surface area contributed by atoms with Gasteiger partial charge in [0.25, 0.3) is 0 Å². The molecule has 0 bridgehead atoms. The molecule has 0 amide bonds. The number of benzene rings is 2. The molecule has 5 nitrogen and oxygen atoms in total. The molecule has 29 heavy (non-hydrogen) atoms. The van der Waals surface area contributed by atoms with Crippen LogP contribution in [0.5, 0.6) is 5.75 Å². The van der Waals surface area contributed by atoms with Gasteiger partial charge in [-0.25, -0.2) is 0 Å². The van der Waals surface area contributed by atoms with E-state index < -0.39 is 11.9 Å². The SMILES string of the molecule is CCC.CN1C(=N)C(c2ccc(OC(F)(F)F)cc2)(c2cccc(N)c2)NC1=S. The summed E-state index contributed by atoms with van der Waals surface area (Å²) in [5.74, 6) is -0.206. The normalized spacial score (nSPS) is 18.8. The van der Waals surface area contributed by atoms with Crippen molar-refractivity contribution in [1.29, 1.82) is 5.41 Å². The maximum Gasteiger partial charge on any atom is 0.573 e. The van der Waals surface area contributed by atoms with Crippen LogP contribution >= 0.6 is 12.2 Å². The molecule has 0 radical (unpaired) electrons. The minimum absolute atomic E-state index is 0.137. The van der Waals surface area contributed by atoms with E-state index in [2.05, 4.69) is 23.9 Å². The number of nitrogens with one attached hydrogen (secondary N) is 2. The van der Waals surface area contributed by atoms with E-state index in [0.29, 0.717) is 21.9 Å². The van der Waals surface area contributed by atoms with Gasteiger partial charge in [-0.15, -0.1) is 13.2 Å². The number of hydrogen-bond donors (Lipinski definition) is 3. The first-order valence-electron chi connectivity index (χ1n) is 8.92. The molecular weight excluding hydrogens is 401 g/mol. The Bertz CT molecular complexity index is 886. The lowest BCUT2D eigenvalue weighted by atomic mass is 9.82. The topological polar surface area (TPSA) is 74.4 Å². The molecule has 1 atom stereocenters. The fourth-order valence-electron chi connectivity index (χ4n) is 2.92. The van der Waals surface area contributed by atoms with Gasteiger partial charge >= 0.3 is 6.36 Å². The molecule has 2 aromatic rings. The fraction of sp³-hybridized carbons (Fsp3) is 0.300. The van der Waals surface area contributed by atoms with Crippen molar-refractivity contribution >= 4 is 28.9 Å². The Balaban J connectivity index is 0.000000941. The maximum absolute atomic E-state index is 12.4. The standard InChI is InChI=1S/C17H15F3N4OS.C3H8/c1-24-14(22)16(23-15(24)26,11-3-2-4-12(21)9-11)10-5-7-13(8-6-10)25-17(18,19)20;1-3-2/h2-9,22H,21H2,1H3,(H,23,26);3H2,1-2H3. The van der Waals surface area contributed by atoms with Gasteiger partial charge < -0.3 is 20.7 Å². The van der Waals surface area contributed by atoms with Crippen LogP contribution in [0.2, 0.25) is 0 Å². The van der Waals surface area contributed by atoms with Gasteiger partial charge in [-0.1, -0.05) is 44.5 Å². The number of rotatable bonds is 3. The second-order valence-electron chi connectivity index (χ2n) is 6.49. The smallest absolute Gasteiger partial charge is 0.406 e. The summed E-state index contributed by atoms with van der Waals surface area (Å²) < 4.78 is 41.1. The van der Waals surface area contributed by atoms with Gasteiger partial charge in [0.2, 0.25) is 0 Å². The van der Waals surface area contributed by atoms with E-state index in [9.17, 15) is 13.2 Å². The van der Waals surface area contributed by atoms with Crippen LogP contribution in [0.25, 0.3) is 0 Å². The largest absolute Gasteiger partial charge is 0.573 e. The van der Waals surface area contributed by atoms with E-state index in [4.69, 9.17) is 23.4 Å². The summed E-state index contributed by atoms with van der Waals surface area (Å²) in [6.45, 7) is 4.25. The molecule has 0 aromatic heterocycles. The summed E-state index contributed by atoms with van der Waals surface area (Å²) in [6.07, 6.45) is -3.52. The van der Waals surface area contributed by atoms with Crippen LogP contribution in [0.15, 0.2) is 48.5 Å². The number of nitrogen functional groups attached to an aromatic ring is 1. The van der Waals surface area contributed by atoms with E-state index in [0.717, 1.165) is 0 Å². The Labute approximate surface area is 173 Å². The number of hydrogen-bond acceptors (Lipinski definition) is 4. The summed E-state index contributed by atoms with van der Waals surface area (Å²) in [5, 5.41) is 12.0. The molecule has 3 rings (SSSR count). The molecule has 1 unspecified atom stereocenters. The minimum Gasteiger partial charge on any atom is -0.406 e. The van der Waals surface area contributed by atoms with Gasteiger partial charge in [0.15, 0.2) is 5.11 Å². The fourth-order valence-corrected chi connectivity index (χ4v) is 3.16. The number of amidine groups is 1. The van der Waals surface area contributed by atoms with Crippen molar-refractivity contribution in [1.82, 2.24) is 10.2 Å². The van der Waals surface area contributed by atoms with Crippen LogP contribution in [0, 0.1) is 5.41 Å². The van der Waals surface area contributed by atoms with Gasteiger partial charge in [-0.3, -0.25) is 5.41 Å². The molecule has 0 saturated carbocycles. The minimum atomic E-state index is -4.77. The number of halogens is 3. The van der Waals surface area contributed by atoms with E-state index >= 15 is 0 Å². The highest BCUT2D eigenvalue weighted by Crippen LogP contribution is 2.37. The highest BCUT2D eigenvalue weighted by Gasteiger charge is 2.48. The van der Waals surface area contributed by atoms with Crippen molar-refractivity contribution in [2.45, 2.75) is 32.2 Å². The summed E-state index contributed by atoms with van der Waals surface area (Å²) >= 11 is 5.27. The zero-order chi connectivity index (χ0) is 21.8. The first-order chi connectivity index (χ1) is 13.5. The summed E-state index contributed by atoms with van der Waals surface area (Å²) in [5.41, 5.74) is 6.41. The summed E-state index contributed by atoms with van der Waals surface area (Å²) in [4.78, 5) is 1.50. The summed E-state index contributed by atoms with van der Waals surface area (Å²) in [7, 11) is 1.65. The first-order valence-corrected chi connectivity index (χ1v) is 9.33. The van der Waals surface area contributed by atoms with Crippen LogP contribution in [0.1, 0.15) is 31.4 Å². The molecule has 1 heterocycles. The van der Waals surface area contributed by atoms with Crippen LogP contribution in [0.3, 0.4) is 0 Å². The van der Waals surface area contributed by atoms with Crippen molar-refractivity contribution in [3.8, 4) is 5.75 Å². The predicted octanol–water partition coefficient (Wildman–Crippen LogP) is 4.62. The Kier molecular flexibility index (Phi) is 6.73. The highest BCUT2D eigenvalue weighted by atomic mass is 32.1. The molecule has 2 aromatic carbocycles. The van der Waals surface area contributed by atoms with E-state index in [-0.39, 0.29) is 11.6 Å². The van der Waals surface area contributed by atoms with E-state index in [1.165, 1.54) is 35.6 Å². The second kappa shape index (κ2) is 8.69. The quantitative estimate of drug-likeness (QED) is 0.495. The number of anilines is 1. The molecule has 9 heteroatoms. The van der Waals surface area contributed by atoms with Crippen LogP contribution < -0.4 is 15.8 Å². The zero-order valence-corrected chi connectivity index (χ0v) is 17.1. The Morgan fingerprint density at radius 3 is 2.17 bits per heavy atom. The van der Waals surface area contributed by atoms with Gasteiger partial charge in [0.1, 0.15) is 17.1 Å². The third-order valence-corrected chi connectivity index (χ3v) is 4.51.